The third-order valence-electron chi connectivity index (χ3n) is 2.91. The molecule has 0 unspecified atom stereocenters. The number of hydrogen-bond acceptors (Lipinski definition) is 4. The lowest BCUT2D eigenvalue weighted by Gasteiger charge is -2.07. The number of nitrogens with one attached hydrogen (secondary N) is 3. The molecule has 0 aliphatic carbocycles. The Balaban J connectivity index is 1.95. The average Bonchev–Trinajstić information content (AvgIpc) is 2.98. The van der Waals surface area contributed by atoms with Crippen LogP contribution in [0.1, 0.15) is 30.0 Å². The standard InChI is InChI=1S/C15H18N4O3/c1-3-10-9-13(19-18-10)14(20)16-11-5-7-12(8-6-11)17-15(21)22-4-2/h5-9H,3-4H2,1-2H3,(H,16,20)(H,17,21)(H,18,19). The fraction of sp³-hybridized carbons (Fsp3) is 0.267. The Morgan fingerprint density at radius 1 is 1.14 bits per heavy atom. The molecule has 1 aromatic carbocycles. The molecule has 22 heavy (non-hydrogen) atoms. The molecule has 0 saturated carbocycles. The molecule has 0 fully saturated rings. The second kappa shape index (κ2) is 7.26. The number of H-pyrrole nitrogens is 1. The molecule has 0 atom stereocenters. The summed E-state index contributed by atoms with van der Waals surface area (Å²) in [6.07, 6.45) is 0.275. The van der Waals surface area contributed by atoms with Gasteiger partial charge in [-0.3, -0.25) is 15.2 Å². The summed E-state index contributed by atoms with van der Waals surface area (Å²) in [5.41, 5.74) is 2.44. The van der Waals surface area contributed by atoms with E-state index in [1.54, 1.807) is 37.3 Å². The molecule has 0 saturated heterocycles. The molecule has 0 aliphatic rings. The van der Waals surface area contributed by atoms with E-state index in [1.807, 2.05) is 6.92 Å². The second-order valence-corrected chi connectivity index (χ2v) is 4.51. The largest absolute Gasteiger partial charge is 0.450 e. The summed E-state index contributed by atoms with van der Waals surface area (Å²) in [7, 11) is 0. The Morgan fingerprint density at radius 2 is 1.77 bits per heavy atom. The topological polar surface area (TPSA) is 96.1 Å². The van der Waals surface area contributed by atoms with Gasteiger partial charge in [-0.1, -0.05) is 6.92 Å². The number of nitrogens with zero attached hydrogens (tertiary/aromatic N) is 1. The fourth-order valence-electron chi connectivity index (χ4n) is 1.78. The lowest BCUT2D eigenvalue weighted by molar-refractivity contribution is 0.102. The van der Waals surface area contributed by atoms with Crippen molar-refractivity contribution in [3.8, 4) is 0 Å². The van der Waals surface area contributed by atoms with E-state index < -0.39 is 6.09 Å². The molecule has 1 heterocycles. The molecule has 2 aromatic rings. The normalized spacial score (nSPS) is 10.1. The highest BCUT2D eigenvalue weighted by Gasteiger charge is 2.10. The average molecular weight is 302 g/mol. The number of ether oxygens (including phenoxy) is 1. The van der Waals surface area contributed by atoms with Gasteiger partial charge in [-0.2, -0.15) is 5.10 Å². The van der Waals surface area contributed by atoms with Crippen LogP contribution in [0.5, 0.6) is 0 Å². The zero-order chi connectivity index (χ0) is 15.9. The van der Waals surface area contributed by atoms with Crippen LogP contribution in [0.4, 0.5) is 16.2 Å². The van der Waals surface area contributed by atoms with Crippen LogP contribution in [-0.2, 0) is 11.2 Å². The van der Waals surface area contributed by atoms with E-state index in [2.05, 4.69) is 20.8 Å². The number of amides is 2. The fourth-order valence-corrected chi connectivity index (χ4v) is 1.78. The maximum absolute atomic E-state index is 12.0. The first-order valence-electron chi connectivity index (χ1n) is 7.01. The molecule has 0 radical (unpaired) electrons. The van der Waals surface area contributed by atoms with Gasteiger partial charge in [-0.25, -0.2) is 4.79 Å². The van der Waals surface area contributed by atoms with Crippen LogP contribution >= 0.6 is 0 Å². The summed E-state index contributed by atoms with van der Waals surface area (Å²) >= 11 is 0. The summed E-state index contributed by atoms with van der Waals surface area (Å²) < 4.78 is 4.78. The Morgan fingerprint density at radius 3 is 2.32 bits per heavy atom. The molecular weight excluding hydrogens is 284 g/mol. The van der Waals surface area contributed by atoms with Gasteiger partial charge in [0.2, 0.25) is 0 Å². The summed E-state index contributed by atoms with van der Waals surface area (Å²) in [5.74, 6) is -0.290. The van der Waals surface area contributed by atoms with Gasteiger partial charge in [-0.05, 0) is 43.7 Å². The Labute approximate surface area is 128 Å². The van der Waals surface area contributed by atoms with Gasteiger partial charge in [-0.15, -0.1) is 0 Å². The number of aryl methyl sites for hydroxylation is 1. The predicted octanol–water partition coefficient (Wildman–Crippen LogP) is 2.79. The van der Waals surface area contributed by atoms with Crippen molar-refractivity contribution >= 4 is 23.4 Å². The maximum atomic E-state index is 12.0. The van der Waals surface area contributed by atoms with Gasteiger partial charge in [0.05, 0.1) is 6.61 Å². The van der Waals surface area contributed by atoms with E-state index >= 15 is 0 Å². The quantitative estimate of drug-likeness (QED) is 0.791. The van der Waals surface area contributed by atoms with Crippen LogP contribution in [0.15, 0.2) is 30.3 Å². The number of aromatic amines is 1. The zero-order valence-electron chi connectivity index (χ0n) is 12.5. The van der Waals surface area contributed by atoms with Crippen LogP contribution in [0.25, 0.3) is 0 Å². The van der Waals surface area contributed by atoms with Crippen LogP contribution < -0.4 is 10.6 Å². The molecule has 0 aliphatic heterocycles. The molecule has 7 nitrogen and oxygen atoms in total. The minimum Gasteiger partial charge on any atom is -0.450 e. The molecular formula is C15H18N4O3. The molecule has 2 amide bonds. The minimum atomic E-state index is -0.511. The van der Waals surface area contributed by atoms with Crippen molar-refractivity contribution in [1.29, 1.82) is 0 Å². The lowest BCUT2D eigenvalue weighted by Crippen LogP contribution is -2.14. The van der Waals surface area contributed by atoms with Crippen LogP contribution in [0.3, 0.4) is 0 Å². The number of anilines is 2. The van der Waals surface area contributed by atoms with Crippen molar-refractivity contribution in [2.45, 2.75) is 20.3 Å². The van der Waals surface area contributed by atoms with Crippen molar-refractivity contribution in [3.63, 3.8) is 0 Å². The van der Waals surface area contributed by atoms with Crippen molar-refractivity contribution in [2.75, 3.05) is 17.2 Å². The molecule has 116 valence electrons. The van der Waals surface area contributed by atoms with E-state index in [1.165, 1.54) is 0 Å². The predicted molar refractivity (Wildman–Crippen MR) is 83.0 cm³/mol. The number of carbonyl (C=O) groups is 2. The number of aromatic nitrogens is 2. The van der Waals surface area contributed by atoms with Gasteiger partial charge in [0.1, 0.15) is 0 Å². The number of benzene rings is 1. The number of carbonyl (C=O) groups excluding carboxylic acids is 2. The summed E-state index contributed by atoms with van der Waals surface area (Å²) in [5, 5.41) is 12.1. The van der Waals surface area contributed by atoms with E-state index in [0.717, 1.165) is 12.1 Å². The summed E-state index contributed by atoms with van der Waals surface area (Å²) in [4.78, 5) is 23.3. The molecule has 0 bridgehead atoms. The molecule has 1 aromatic heterocycles. The summed E-state index contributed by atoms with van der Waals surface area (Å²) in [6.45, 7) is 4.02. The van der Waals surface area contributed by atoms with Crippen LogP contribution in [0, 0.1) is 0 Å². The van der Waals surface area contributed by atoms with Gasteiger partial charge in [0.15, 0.2) is 5.69 Å². The summed E-state index contributed by atoms with van der Waals surface area (Å²) in [6, 6.07) is 8.44. The monoisotopic (exact) mass is 302 g/mol. The second-order valence-electron chi connectivity index (χ2n) is 4.51. The molecule has 0 spiro atoms. The van der Waals surface area contributed by atoms with E-state index in [-0.39, 0.29) is 5.91 Å². The molecule has 7 heteroatoms. The number of rotatable bonds is 5. The van der Waals surface area contributed by atoms with Gasteiger partial charge < -0.3 is 10.1 Å². The van der Waals surface area contributed by atoms with Crippen LogP contribution in [0.2, 0.25) is 0 Å². The Bertz CT molecular complexity index is 649. The highest BCUT2D eigenvalue weighted by Crippen LogP contribution is 2.14. The molecule has 2 rings (SSSR count). The number of hydrogen-bond donors (Lipinski definition) is 3. The first-order valence-corrected chi connectivity index (χ1v) is 7.01. The minimum absolute atomic E-state index is 0.290. The van der Waals surface area contributed by atoms with Gasteiger partial charge >= 0.3 is 6.09 Å². The van der Waals surface area contributed by atoms with E-state index in [9.17, 15) is 9.59 Å². The van der Waals surface area contributed by atoms with Crippen molar-refractivity contribution in [3.05, 3.63) is 41.7 Å². The van der Waals surface area contributed by atoms with Gasteiger partial charge in [0, 0.05) is 17.1 Å². The zero-order valence-corrected chi connectivity index (χ0v) is 12.5. The van der Waals surface area contributed by atoms with Gasteiger partial charge in [0.25, 0.3) is 5.91 Å². The SMILES string of the molecule is CCOC(=O)Nc1ccc(NC(=O)c2cc(CC)[nH]n2)cc1. The first kappa shape index (κ1) is 15.6. The van der Waals surface area contributed by atoms with Crippen LogP contribution in [-0.4, -0.2) is 28.8 Å². The highest BCUT2D eigenvalue weighted by molar-refractivity contribution is 6.03. The van der Waals surface area contributed by atoms with E-state index in [4.69, 9.17) is 4.74 Å². The molecule has 3 N–H and O–H groups in total. The van der Waals surface area contributed by atoms with Crippen molar-refractivity contribution in [2.24, 2.45) is 0 Å². The Kier molecular flexibility index (Phi) is 5.13. The lowest BCUT2D eigenvalue weighted by atomic mass is 10.2. The van der Waals surface area contributed by atoms with Crippen molar-refractivity contribution < 1.29 is 14.3 Å². The highest BCUT2D eigenvalue weighted by atomic mass is 16.5. The Hall–Kier alpha value is -2.83. The van der Waals surface area contributed by atoms with Crippen molar-refractivity contribution in [1.82, 2.24) is 10.2 Å². The smallest absolute Gasteiger partial charge is 0.411 e. The maximum Gasteiger partial charge on any atom is 0.411 e. The third kappa shape index (κ3) is 4.08. The van der Waals surface area contributed by atoms with E-state index in [0.29, 0.717) is 23.7 Å². The first-order chi connectivity index (χ1) is 10.6. The third-order valence-corrected chi connectivity index (χ3v) is 2.91.